The predicted octanol–water partition coefficient (Wildman–Crippen LogP) is 5.64. The molecule has 10 heteroatoms. The molecule has 2 heterocycles. The standard InChI is InChI=1S/C42H39N3O7/c1-24-8-12-27(13-9-24)43-45-39(49)34-23-33-30(18-19-32-36(33)40(50)44(38(32)48)21-20-25-10-14-28(46)15-11-25)37(31-17-16-29(47)22-35(31)52-2)42(34,41(45)51)26-6-4-3-5-7-26/h3-18,22,32-34,36-37,43,46-47H,19-21,23H2,1-2H3/t32-,33+,34-,36-,37+,42+/m0/s1. The number of nitrogens with zero attached hydrogens (tertiary/aromatic N) is 2. The number of allylic oxidation sites excluding steroid dienone is 2. The van der Waals surface area contributed by atoms with Gasteiger partial charge >= 0.3 is 0 Å². The number of hydrazine groups is 1. The molecular formula is C42H39N3O7. The monoisotopic (exact) mass is 697 g/mol. The second-order valence-corrected chi connectivity index (χ2v) is 14.3. The number of imide groups is 2. The maximum Gasteiger partial charge on any atom is 0.260 e. The van der Waals surface area contributed by atoms with Gasteiger partial charge < -0.3 is 14.9 Å². The van der Waals surface area contributed by atoms with Gasteiger partial charge in [0, 0.05) is 24.1 Å². The highest BCUT2D eigenvalue weighted by Crippen LogP contribution is 2.65. The van der Waals surface area contributed by atoms with Crippen LogP contribution in [0.25, 0.3) is 0 Å². The highest BCUT2D eigenvalue weighted by Gasteiger charge is 2.70. The summed E-state index contributed by atoms with van der Waals surface area (Å²) < 4.78 is 5.85. The first-order chi connectivity index (χ1) is 25.1. The quantitative estimate of drug-likeness (QED) is 0.159. The van der Waals surface area contributed by atoms with Crippen molar-refractivity contribution >= 4 is 29.3 Å². The van der Waals surface area contributed by atoms with Crippen molar-refractivity contribution in [2.75, 3.05) is 19.1 Å². The summed E-state index contributed by atoms with van der Waals surface area (Å²) in [6.07, 6.45) is 2.92. The van der Waals surface area contributed by atoms with Crippen LogP contribution in [0.4, 0.5) is 5.69 Å². The Morgan fingerprint density at radius 1 is 0.827 bits per heavy atom. The minimum absolute atomic E-state index is 0.0201. The number of rotatable bonds is 8. The number of methoxy groups -OCH3 is 1. The first-order valence-electron chi connectivity index (χ1n) is 17.6. The van der Waals surface area contributed by atoms with E-state index in [-0.39, 0.29) is 36.3 Å². The van der Waals surface area contributed by atoms with Gasteiger partial charge in [-0.25, -0.2) is 0 Å². The Bertz CT molecular complexity index is 2110. The van der Waals surface area contributed by atoms with E-state index in [0.29, 0.717) is 35.4 Å². The maximum absolute atomic E-state index is 15.3. The van der Waals surface area contributed by atoms with E-state index >= 15 is 4.79 Å². The van der Waals surface area contributed by atoms with Gasteiger partial charge in [-0.1, -0.05) is 77.9 Å². The lowest BCUT2D eigenvalue weighted by atomic mass is 9.49. The van der Waals surface area contributed by atoms with E-state index in [0.717, 1.165) is 21.7 Å². The predicted molar refractivity (Wildman–Crippen MR) is 192 cm³/mol. The third-order valence-corrected chi connectivity index (χ3v) is 11.6. The Labute approximate surface area is 301 Å². The Hall–Kier alpha value is -5.90. The van der Waals surface area contributed by atoms with E-state index in [1.165, 1.54) is 18.1 Å². The average Bonchev–Trinajstić information content (AvgIpc) is 3.53. The Morgan fingerprint density at radius 2 is 1.54 bits per heavy atom. The van der Waals surface area contributed by atoms with Crippen molar-refractivity contribution in [3.63, 3.8) is 0 Å². The average molecular weight is 698 g/mol. The Morgan fingerprint density at radius 3 is 2.25 bits per heavy atom. The SMILES string of the molecule is COc1cc(O)ccc1[C@H]1C2=CC[C@@H]3C(=O)N(CCc4ccc(O)cc4)C(=O)[C@@H]3[C@@H]2C[C@H]2C(=O)N(Nc3ccc(C)cc3)C(=O)[C@@]12c1ccccc1. The lowest BCUT2D eigenvalue weighted by Gasteiger charge is -2.50. The number of phenols is 2. The number of anilines is 1. The molecule has 4 aliphatic rings. The van der Waals surface area contributed by atoms with Crippen LogP contribution in [0.5, 0.6) is 17.2 Å². The minimum Gasteiger partial charge on any atom is -0.508 e. The molecule has 3 fully saturated rings. The van der Waals surface area contributed by atoms with Crippen molar-refractivity contribution in [3.05, 3.63) is 131 Å². The lowest BCUT2D eigenvalue weighted by Crippen LogP contribution is -2.53. The van der Waals surface area contributed by atoms with Gasteiger partial charge in [-0.2, -0.15) is 5.01 Å². The van der Waals surface area contributed by atoms with Gasteiger partial charge in [0.1, 0.15) is 17.2 Å². The number of nitrogens with one attached hydrogen (secondary N) is 1. The number of phenolic OH excluding ortho intramolecular Hbond substituents is 2. The van der Waals surface area contributed by atoms with Crippen molar-refractivity contribution < 1.29 is 34.1 Å². The number of ether oxygens (including phenoxy) is 1. The van der Waals surface area contributed by atoms with Gasteiger partial charge in [-0.05, 0) is 73.6 Å². The summed E-state index contributed by atoms with van der Waals surface area (Å²) in [7, 11) is 1.49. The molecule has 3 N–H and O–H groups in total. The zero-order chi connectivity index (χ0) is 36.3. The van der Waals surface area contributed by atoms with E-state index in [1.54, 1.807) is 36.4 Å². The number of amides is 4. The summed E-state index contributed by atoms with van der Waals surface area (Å²) in [6.45, 7) is 2.15. The molecule has 0 radical (unpaired) electrons. The molecular weight excluding hydrogens is 658 g/mol. The normalized spacial score (nSPS) is 26.5. The molecule has 0 aromatic heterocycles. The zero-order valence-corrected chi connectivity index (χ0v) is 28.9. The number of carbonyl (C=O) groups is 4. The molecule has 264 valence electrons. The van der Waals surface area contributed by atoms with Crippen LogP contribution in [-0.4, -0.2) is 57.4 Å². The number of fused-ring (bicyclic) bond motifs is 4. The van der Waals surface area contributed by atoms with E-state index in [1.807, 2.05) is 67.6 Å². The van der Waals surface area contributed by atoms with Gasteiger partial charge in [0.15, 0.2) is 0 Å². The number of aromatic hydroxyl groups is 2. The van der Waals surface area contributed by atoms with Gasteiger partial charge in [-0.3, -0.25) is 29.5 Å². The molecule has 52 heavy (non-hydrogen) atoms. The van der Waals surface area contributed by atoms with Gasteiger partial charge in [0.2, 0.25) is 11.8 Å². The molecule has 2 saturated heterocycles. The first-order valence-corrected chi connectivity index (χ1v) is 17.6. The molecule has 2 aliphatic carbocycles. The van der Waals surface area contributed by atoms with Crippen molar-refractivity contribution in [2.24, 2.45) is 23.7 Å². The van der Waals surface area contributed by atoms with Crippen molar-refractivity contribution in [2.45, 2.75) is 37.5 Å². The summed E-state index contributed by atoms with van der Waals surface area (Å²) in [5.41, 5.74) is 6.21. The number of aryl methyl sites for hydroxylation is 1. The fourth-order valence-electron chi connectivity index (χ4n) is 9.22. The third kappa shape index (κ3) is 5.07. The molecule has 10 nitrogen and oxygen atoms in total. The smallest absolute Gasteiger partial charge is 0.260 e. The van der Waals surface area contributed by atoms with E-state index in [9.17, 15) is 24.6 Å². The largest absolute Gasteiger partial charge is 0.508 e. The van der Waals surface area contributed by atoms with Gasteiger partial charge in [-0.15, -0.1) is 0 Å². The number of benzene rings is 4. The highest BCUT2D eigenvalue weighted by atomic mass is 16.5. The fraction of sp³-hybridized carbons (Fsp3) is 0.286. The summed E-state index contributed by atoms with van der Waals surface area (Å²) in [5.74, 6) is -4.41. The van der Waals surface area contributed by atoms with Crippen LogP contribution >= 0.6 is 0 Å². The van der Waals surface area contributed by atoms with Crippen LogP contribution in [-0.2, 0) is 31.0 Å². The lowest BCUT2D eigenvalue weighted by molar-refractivity contribution is -0.141. The van der Waals surface area contributed by atoms with Gasteiger partial charge in [0.05, 0.1) is 36.0 Å². The van der Waals surface area contributed by atoms with Gasteiger partial charge in [0.25, 0.3) is 11.8 Å². The molecule has 4 amide bonds. The highest BCUT2D eigenvalue weighted by molar-refractivity contribution is 6.13. The molecule has 0 unspecified atom stereocenters. The summed E-state index contributed by atoms with van der Waals surface area (Å²) in [4.78, 5) is 59.8. The summed E-state index contributed by atoms with van der Waals surface area (Å²) in [6, 6.07) is 28.2. The minimum atomic E-state index is -1.44. The van der Waals surface area contributed by atoms with Crippen LogP contribution in [0.15, 0.2) is 109 Å². The molecule has 2 aliphatic heterocycles. The van der Waals surface area contributed by atoms with Crippen LogP contribution in [0.3, 0.4) is 0 Å². The molecule has 0 spiro atoms. The van der Waals surface area contributed by atoms with Crippen molar-refractivity contribution in [1.82, 2.24) is 9.91 Å². The second kappa shape index (κ2) is 12.7. The molecule has 8 rings (SSSR count). The molecule has 0 bridgehead atoms. The molecule has 6 atom stereocenters. The fourth-order valence-corrected chi connectivity index (χ4v) is 9.22. The Kier molecular flexibility index (Phi) is 8.12. The molecule has 1 saturated carbocycles. The summed E-state index contributed by atoms with van der Waals surface area (Å²) in [5, 5.41) is 21.4. The second-order valence-electron chi connectivity index (χ2n) is 14.3. The summed E-state index contributed by atoms with van der Waals surface area (Å²) >= 11 is 0. The number of hydrogen-bond donors (Lipinski definition) is 3. The zero-order valence-electron chi connectivity index (χ0n) is 28.9. The van der Waals surface area contributed by atoms with Crippen LogP contribution in [0.2, 0.25) is 0 Å². The number of carbonyl (C=O) groups excluding carboxylic acids is 4. The van der Waals surface area contributed by atoms with Crippen LogP contribution < -0.4 is 10.2 Å². The first kappa shape index (κ1) is 33.3. The van der Waals surface area contributed by atoms with Crippen LogP contribution in [0.1, 0.15) is 41.0 Å². The third-order valence-electron chi connectivity index (χ3n) is 11.6. The topological polar surface area (TPSA) is 136 Å². The number of hydrogen-bond acceptors (Lipinski definition) is 8. The van der Waals surface area contributed by atoms with E-state index in [2.05, 4.69) is 5.43 Å². The van der Waals surface area contributed by atoms with Crippen molar-refractivity contribution in [1.29, 1.82) is 0 Å². The Balaban J connectivity index is 1.26. The van der Waals surface area contributed by atoms with Crippen molar-refractivity contribution in [3.8, 4) is 17.2 Å². The molecule has 4 aromatic rings. The number of likely N-dealkylation sites (tertiary alicyclic amines) is 1. The van der Waals surface area contributed by atoms with E-state index in [4.69, 9.17) is 4.74 Å². The molecule has 4 aromatic carbocycles. The maximum atomic E-state index is 15.3. The van der Waals surface area contributed by atoms with Crippen LogP contribution in [0, 0.1) is 30.6 Å². The van der Waals surface area contributed by atoms with E-state index < -0.39 is 46.8 Å².